The van der Waals surface area contributed by atoms with Gasteiger partial charge in [-0.25, -0.2) is 4.98 Å². The normalized spacial score (nSPS) is 17.4. The van der Waals surface area contributed by atoms with Gasteiger partial charge in [0.05, 0.1) is 17.4 Å². The molecule has 21 heavy (non-hydrogen) atoms. The molecule has 1 aromatic heterocycles. The molecule has 2 amide bonds. The number of amides is 2. The fourth-order valence-electron chi connectivity index (χ4n) is 2.66. The molecule has 6 heteroatoms. The van der Waals surface area contributed by atoms with E-state index in [0.717, 1.165) is 11.0 Å². The van der Waals surface area contributed by atoms with Crippen LogP contribution in [0.2, 0.25) is 0 Å². The predicted octanol–water partition coefficient (Wildman–Crippen LogP) is 0.946. The Balaban J connectivity index is 1.82. The lowest BCUT2D eigenvalue weighted by Crippen LogP contribution is -2.38. The monoisotopic (exact) mass is 286 g/mol. The molecule has 0 radical (unpaired) electrons. The fraction of sp³-hybridized carbons (Fsp3) is 0.400. The number of para-hydroxylation sites is 2. The van der Waals surface area contributed by atoms with Crippen molar-refractivity contribution in [2.45, 2.75) is 19.4 Å². The van der Waals surface area contributed by atoms with Crippen LogP contribution in [0.1, 0.15) is 19.4 Å². The Labute approximate surface area is 122 Å². The van der Waals surface area contributed by atoms with Gasteiger partial charge in [-0.3, -0.25) is 9.59 Å². The molecule has 0 spiro atoms. The molecule has 1 N–H and O–H groups in total. The molecular weight excluding hydrogens is 268 g/mol. The van der Waals surface area contributed by atoms with Crippen LogP contribution in [0, 0.1) is 0 Å². The summed E-state index contributed by atoms with van der Waals surface area (Å²) in [5.41, 5.74) is 1.83. The van der Waals surface area contributed by atoms with Gasteiger partial charge >= 0.3 is 0 Å². The summed E-state index contributed by atoms with van der Waals surface area (Å²) in [6.07, 6.45) is 2.07. The van der Waals surface area contributed by atoms with Crippen molar-refractivity contribution in [1.82, 2.24) is 19.8 Å². The summed E-state index contributed by atoms with van der Waals surface area (Å²) in [6, 6.07) is 7.42. The summed E-state index contributed by atoms with van der Waals surface area (Å²) in [5.74, 6) is 0.0284. The lowest BCUT2D eigenvalue weighted by molar-refractivity contribution is -0.134. The Morgan fingerprint density at radius 2 is 2.14 bits per heavy atom. The van der Waals surface area contributed by atoms with Gasteiger partial charge in [0.2, 0.25) is 11.8 Å². The maximum absolute atomic E-state index is 12.6. The second-order valence-corrected chi connectivity index (χ2v) is 5.24. The number of hydrogen-bond donors (Lipinski definition) is 1. The van der Waals surface area contributed by atoms with Gasteiger partial charge in [0, 0.05) is 26.1 Å². The lowest BCUT2D eigenvalue weighted by atomic mass is 10.2. The zero-order chi connectivity index (χ0) is 14.8. The van der Waals surface area contributed by atoms with Crippen LogP contribution in [0.3, 0.4) is 0 Å². The number of nitrogens with zero attached hydrogens (tertiary/aromatic N) is 3. The third-order valence-electron chi connectivity index (χ3n) is 3.88. The van der Waals surface area contributed by atoms with Crippen LogP contribution < -0.4 is 5.32 Å². The van der Waals surface area contributed by atoms with Gasteiger partial charge in [0.15, 0.2) is 0 Å². The van der Waals surface area contributed by atoms with Crippen molar-refractivity contribution in [1.29, 1.82) is 0 Å². The van der Waals surface area contributed by atoms with E-state index >= 15 is 0 Å². The van der Waals surface area contributed by atoms with E-state index < -0.39 is 0 Å². The summed E-state index contributed by atoms with van der Waals surface area (Å²) in [6.45, 7) is 3.42. The second-order valence-electron chi connectivity index (χ2n) is 5.24. The molecule has 1 aromatic carbocycles. The highest BCUT2D eigenvalue weighted by Crippen LogP contribution is 2.19. The third kappa shape index (κ3) is 2.61. The Morgan fingerprint density at radius 3 is 3.00 bits per heavy atom. The standard InChI is InChI=1S/C15H18N4O2/c1-11(15(21)18-8-6-14(20)16-7-9-18)19-10-17-12-4-2-3-5-13(12)19/h2-5,10-11H,6-9H2,1H3,(H,16,20). The van der Waals surface area contributed by atoms with Gasteiger partial charge in [-0.15, -0.1) is 0 Å². The number of rotatable bonds is 2. The predicted molar refractivity (Wildman–Crippen MR) is 78.7 cm³/mol. The number of fused-ring (bicyclic) bond motifs is 1. The van der Waals surface area contributed by atoms with E-state index in [1.54, 1.807) is 11.2 Å². The van der Waals surface area contributed by atoms with Crippen molar-refractivity contribution in [3.8, 4) is 0 Å². The summed E-state index contributed by atoms with van der Waals surface area (Å²) in [7, 11) is 0. The molecule has 0 saturated carbocycles. The molecule has 1 aliphatic heterocycles. The minimum atomic E-state index is -0.328. The van der Waals surface area contributed by atoms with Gasteiger partial charge in [0.25, 0.3) is 0 Å². The minimum Gasteiger partial charge on any atom is -0.354 e. The topological polar surface area (TPSA) is 67.2 Å². The highest BCUT2D eigenvalue weighted by molar-refractivity contribution is 5.84. The molecule has 2 aromatic rings. The first-order valence-electron chi connectivity index (χ1n) is 7.14. The quantitative estimate of drug-likeness (QED) is 0.893. The molecule has 1 unspecified atom stereocenters. The lowest BCUT2D eigenvalue weighted by Gasteiger charge is -2.24. The number of benzene rings is 1. The summed E-state index contributed by atoms with van der Waals surface area (Å²) in [5, 5.41) is 2.78. The molecule has 0 aliphatic carbocycles. The average molecular weight is 286 g/mol. The van der Waals surface area contributed by atoms with E-state index in [9.17, 15) is 9.59 Å². The van der Waals surface area contributed by atoms with Gasteiger partial charge < -0.3 is 14.8 Å². The SMILES string of the molecule is CC(C(=O)N1CCNC(=O)CC1)n1cnc2ccccc21. The van der Waals surface area contributed by atoms with E-state index in [-0.39, 0.29) is 17.9 Å². The van der Waals surface area contributed by atoms with Gasteiger partial charge in [-0.2, -0.15) is 0 Å². The third-order valence-corrected chi connectivity index (χ3v) is 3.88. The summed E-state index contributed by atoms with van der Waals surface area (Å²) in [4.78, 5) is 30.1. The Morgan fingerprint density at radius 1 is 1.33 bits per heavy atom. The molecule has 1 atom stereocenters. The number of imidazole rings is 1. The van der Waals surface area contributed by atoms with Gasteiger partial charge in [-0.1, -0.05) is 12.1 Å². The van der Waals surface area contributed by atoms with Gasteiger partial charge in [-0.05, 0) is 19.1 Å². The Kier molecular flexibility index (Phi) is 3.60. The second kappa shape index (κ2) is 5.55. The number of aromatic nitrogens is 2. The van der Waals surface area contributed by atoms with E-state index in [4.69, 9.17) is 0 Å². The van der Waals surface area contributed by atoms with E-state index in [1.807, 2.05) is 35.8 Å². The number of hydrogen-bond acceptors (Lipinski definition) is 3. The summed E-state index contributed by atoms with van der Waals surface area (Å²) < 4.78 is 1.89. The number of carbonyl (C=O) groups excluding carboxylic acids is 2. The molecule has 110 valence electrons. The summed E-state index contributed by atoms with van der Waals surface area (Å²) >= 11 is 0. The Bertz CT molecular complexity index is 679. The first kappa shape index (κ1) is 13.6. The zero-order valence-electron chi connectivity index (χ0n) is 12.0. The molecule has 6 nitrogen and oxygen atoms in total. The van der Waals surface area contributed by atoms with Gasteiger partial charge in [0.1, 0.15) is 6.04 Å². The smallest absolute Gasteiger partial charge is 0.245 e. The zero-order valence-corrected chi connectivity index (χ0v) is 12.0. The van der Waals surface area contributed by atoms with Crippen LogP contribution in [0.25, 0.3) is 11.0 Å². The molecule has 1 aliphatic rings. The first-order chi connectivity index (χ1) is 10.2. The van der Waals surface area contributed by atoms with Crippen molar-refractivity contribution < 1.29 is 9.59 Å². The van der Waals surface area contributed by atoms with Crippen molar-refractivity contribution in [2.75, 3.05) is 19.6 Å². The molecule has 0 bridgehead atoms. The van der Waals surface area contributed by atoms with Crippen LogP contribution in [-0.2, 0) is 9.59 Å². The van der Waals surface area contributed by atoms with Crippen molar-refractivity contribution in [3.05, 3.63) is 30.6 Å². The Hall–Kier alpha value is -2.37. The maximum atomic E-state index is 12.6. The van der Waals surface area contributed by atoms with Crippen LogP contribution >= 0.6 is 0 Å². The fourth-order valence-corrected chi connectivity index (χ4v) is 2.66. The van der Waals surface area contributed by atoms with E-state index in [1.165, 1.54) is 0 Å². The number of nitrogens with one attached hydrogen (secondary N) is 1. The van der Waals surface area contributed by atoms with E-state index in [2.05, 4.69) is 10.3 Å². The van der Waals surface area contributed by atoms with Crippen LogP contribution in [0.5, 0.6) is 0 Å². The molecule has 1 fully saturated rings. The largest absolute Gasteiger partial charge is 0.354 e. The van der Waals surface area contributed by atoms with Crippen LogP contribution in [0.15, 0.2) is 30.6 Å². The molecule has 2 heterocycles. The maximum Gasteiger partial charge on any atom is 0.245 e. The van der Waals surface area contributed by atoms with E-state index in [0.29, 0.717) is 26.1 Å². The first-order valence-corrected chi connectivity index (χ1v) is 7.14. The molecule has 1 saturated heterocycles. The van der Waals surface area contributed by atoms with Crippen molar-refractivity contribution >= 4 is 22.8 Å². The molecule has 3 rings (SSSR count). The average Bonchev–Trinajstić information content (AvgIpc) is 2.81. The highest BCUT2D eigenvalue weighted by Gasteiger charge is 2.24. The van der Waals surface area contributed by atoms with Crippen molar-refractivity contribution in [3.63, 3.8) is 0 Å². The van der Waals surface area contributed by atoms with Crippen LogP contribution in [-0.4, -0.2) is 45.9 Å². The van der Waals surface area contributed by atoms with Crippen molar-refractivity contribution in [2.24, 2.45) is 0 Å². The minimum absolute atomic E-state index is 0.00559. The highest BCUT2D eigenvalue weighted by atomic mass is 16.2. The number of carbonyl (C=O) groups is 2. The molecular formula is C15H18N4O2. The van der Waals surface area contributed by atoms with Crippen LogP contribution in [0.4, 0.5) is 0 Å².